The summed E-state index contributed by atoms with van der Waals surface area (Å²) in [7, 11) is 0. The lowest BCUT2D eigenvalue weighted by molar-refractivity contribution is 0.380. The molecule has 6 nitrogen and oxygen atoms in total. The number of benzene rings is 10. The van der Waals surface area contributed by atoms with Gasteiger partial charge < -0.3 is 9.13 Å². The van der Waals surface area contributed by atoms with Crippen LogP contribution in [-0.4, -0.2) is 28.7 Å². The fourth-order valence-electron chi connectivity index (χ4n) is 10.9. The molecule has 0 unspecified atom stereocenters. The molecule has 4 heterocycles. The average Bonchev–Trinajstić information content (AvgIpc) is 4.04. The smallest absolute Gasteiger partial charge is 0.238 e. The van der Waals surface area contributed by atoms with Crippen LogP contribution in [0, 0.1) is 58.2 Å². The third kappa shape index (κ3) is 7.10. The molecule has 382 valence electrons. The van der Waals surface area contributed by atoms with Gasteiger partial charge in [-0.2, -0.15) is 9.97 Å². The molecule has 0 N–H and O–H groups in total. The van der Waals surface area contributed by atoms with Crippen LogP contribution in [0.3, 0.4) is 0 Å². The molecule has 14 rings (SSSR count). The van der Waals surface area contributed by atoms with Crippen molar-refractivity contribution in [3.63, 3.8) is 0 Å². The molecule has 0 bridgehead atoms. The average molecular weight is 1060 g/mol. The molecule has 0 saturated heterocycles. The minimum Gasteiger partial charge on any atom is -0.309 e. The minimum atomic E-state index is -2.54. The van der Waals surface area contributed by atoms with Crippen molar-refractivity contribution in [2.45, 2.75) is 0 Å². The first kappa shape index (κ1) is 47.4. The van der Waals surface area contributed by atoms with Gasteiger partial charge >= 0.3 is 0 Å². The van der Waals surface area contributed by atoms with Gasteiger partial charge in [0.15, 0.2) is 58.2 Å². The summed E-state index contributed by atoms with van der Waals surface area (Å²) in [5.74, 6) is -28.1. The summed E-state index contributed by atoms with van der Waals surface area (Å²) in [4.78, 5) is 12.1. The Morgan fingerprint density at radius 2 is 0.582 bits per heavy atom. The summed E-state index contributed by atoms with van der Waals surface area (Å²) in [5, 5.41) is 4.67. The lowest BCUT2D eigenvalue weighted by Crippen LogP contribution is -2.12. The van der Waals surface area contributed by atoms with Crippen LogP contribution in [0.1, 0.15) is 0 Å². The number of para-hydroxylation sites is 2. The Bertz CT molecular complexity index is 4560. The van der Waals surface area contributed by atoms with Gasteiger partial charge in [-0.3, -0.25) is 4.57 Å². The van der Waals surface area contributed by atoms with Crippen molar-refractivity contribution in [1.82, 2.24) is 28.7 Å². The van der Waals surface area contributed by atoms with Gasteiger partial charge in [0.05, 0.1) is 44.2 Å². The van der Waals surface area contributed by atoms with Gasteiger partial charge in [0, 0.05) is 43.7 Å². The molecule has 14 aromatic rings. The quantitative estimate of drug-likeness (QED) is 0.0908. The van der Waals surface area contributed by atoms with E-state index in [2.05, 4.69) is 36.2 Å². The second-order valence-electron chi connectivity index (χ2n) is 18.8. The Balaban J connectivity index is 1.09. The van der Waals surface area contributed by atoms with Crippen molar-refractivity contribution >= 4 is 65.4 Å². The highest BCUT2D eigenvalue weighted by atomic mass is 19.2. The zero-order valence-corrected chi connectivity index (χ0v) is 40.3. The van der Waals surface area contributed by atoms with E-state index in [-0.39, 0.29) is 11.0 Å². The van der Waals surface area contributed by atoms with Gasteiger partial charge in [0.2, 0.25) is 17.6 Å². The van der Waals surface area contributed by atoms with Crippen LogP contribution < -0.4 is 0 Å². The number of fused-ring (bicyclic) bond motifs is 9. The molecular formula is C63H30F10N6. The molecule has 0 atom stereocenters. The fourth-order valence-corrected chi connectivity index (χ4v) is 10.9. The van der Waals surface area contributed by atoms with Crippen LogP contribution in [0.5, 0.6) is 0 Å². The van der Waals surface area contributed by atoms with Gasteiger partial charge in [-0.15, -0.1) is 0 Å². The van der Waals surface area contributed by atoms with E-state index in [1.165, 1.54) is 4.57 Å². The maximum absolute atomic E-state index is 15.8. The van der Waals surface area contributed by atoms with Crippen molar-refractivity contribution in [2.24, 2.45) is 0 Å². The molecule has 4 aromatic heterocycles. The maximum atomic E-state index is 15.8. The Morgan fingerprint density at radius 3 is 0.987 bits per heavy atom. The third-order valence-electron chi connectivity index (χ3n) is 14.5. The molecule has 0 spiro atoms. The number of halogens is 10. The number of rotatable bonds is 7. The molecular weight excluding hydrogens is 1030 g/mol. The topological polar surface area (TPSA) is 53.5 Å². The lowest BCUT2D eigenvalue weighted by Gasteiger charge is -2.14. The number of nitrogens with zero attached hydrogens (tertiary/aromatic N) is 6. The Labute approximate surface area is 438 Å². The van der Waals surface area contributed by atoms with Crippen LogP contribution in [0.4, 0.5) is 43.9 Å². The van der Waals surface area contributed by atoms with Crippen molar-refractivity contribution in [3.8, 4) is 62.4 Å². The zero-order valence-electron chi connectivity index (χ0n) is 40.3. The molecule has 10 aromatic carbocycles. The van der Waals surface area contributed by atoms with Gasteiger partial charge in [-0.05, 0) is 82.9 Å². The summed E-state index contributed by atoms with van der Waals surface area (Å²) in [5.41, 5.74) is 5.34. The standard InChI is InChI=1S/C63H30F10N6/c64-51-49(52(65)56(69)59(72)55(51)68)61-74-62(50-53(66)57(70)60(73)58(71)54(50)67)76-63(75-61)79-45-25-21-35(77-43-17-9-7-15-37(43)39-23-19-33(27-47(39)77)31-11-3-1-4-12-31)29-41(45)42-30-36(22-26-46(42)79)78-44-18-10-8-16-38(44)40-24-20-34(28-48(40)78)32-13-5-2-6-14-32/h1-30H. The van der Waals surface area contributed by atoms with E-state index in [9.17, 15) is 8.78 Å². The van der Waals surface area contributed by atoms with E-state index in [1.807, 2.05) is 146 Å². The van der Waals surface area contributed by atoms with Gasteiger partial charge in [0.1, 0.15) is 0 Å². The highest BCUT2D eigenvalue weighted by Gasteiger charge is 2.33. The summed E-state index contributed by atoms with van der Waals surface area (Å²) < 4.78 is 158. The number of hydrogen-bond acceptors (Lipinski definition) is 3. The summed E-state index contributed by atoms with van der Waals surface area (Å²) in [6.07, 6.45) is 0. The van der Waals surface area contributed by atoms with Crippen molar-refractivity contribution in [2.75, 3.05) is 0 Å². The molecule has 0 fully saturated rings. The molecule has 0 saturated carbocycles. The van der Waals surface area contributed by atoms with Crippen LogP contribution in [0.25, 0.3) is 128 Å². The predicted molar refractivity (Wildman–Crippen MR) is 284 cm³/mol. The molecule has 0 aliphatic heterocycles. The highest BCUT2D eigenvalue weighted by molar-refractivity contribution is 6.14. The van der Waals surface area contributed by atoms with Crippen LogP contribution >= 0.6 is 0 Å². The van der Waals surface area contributed by atoms with E-state index < -0.39 is 86.9 Å². The fraction of sp³-hybridized carbons (Fsp3) is 0. The van der Waals surface area contributed by atoms with Gasteiger partial charge in [-0.1, -0.05) is 121 Å². The van der Waals surface area contributed by atoms with Gasteiger partial charge in [-0.25, -0.2) is 48.9 Å². The number of hydrogen-bond donors (Lipinski definition) is 0. The van der Waals surface area contributed by atoms with E-state index in [0.717, 1.165) is 65.9 Å². The van der Waals surface area contributed by atoms with Crippen LogP contribution in [0.15, 0.2) is 182 Å². The first-order valence-electron chi connectivity index (χ1n) is 24.4. The summed E-state index contributed by atoms with van der Waals surface area (Å²) in [6.45, 7) is 0. The molecule has 0 radical (unpaired) electrons. The SMILES string of the molecule is Fc1c(F)c(F)c(-c2nc(-c3c(F)c(F)c(F)c(F)c3F)nc(-n3c4ccc(-n5c6ccccc6c6ccc(-c7ccccc7)cc65)cc4c4cc(-n5c6ccccc6c6ccc(-c7ccccc7)cc65)ccc43)n2)c(F)c1F. The minimum absolute atomic E-state index is 0.216. The van der Waals surface area contributed by atoms with E-state index in [1.54, 1.807) is 24.3 Å². The second-order valence-corrected chi connectivity index (χ2v) is 18.8. The summed E-state index contributed by atoms with van der Waals surface area (Å²) in [6, 6.07) is 58.2. The lowest BCUT2D eigenvalue weighted by atomic mass is 10.0. The van der Waals surface area contributed by atoms with Crippen molar-refractivity contribution in [1.29, 1.82) is 0 Å². The Kier molecular flexibility index (Phi) is 10.6. The zero-order chi connectivity index (χ0) is 54.1. The van der Waals surface area contributed by atoms with Crippen LogP contribution in [0.2, 0.25) is 0 Å². The normalized spacial score (nSPS) is 11.9. The Morgan fingerprint density at radius 1 is 0.241 bits per heavy atom. The molecule has 16 heteroatoms. The van der Waals surface area contributed by atoms with E-state index >= 15 is 35.1 Å². The highest BCUT2D eigenvalue weighted by Crippen LogP contribution is 2.42. The largest absolute Gasteiger partial charge is 0.309 e. The van der Waals surface area contributed by atoms with Gasteiger partial charge in [0.25, 0.3) is 0 Å². The maximum Gasteiger partial charge on any atom is 0.238 e. The van der Waals surface area contributed by atoms with Crippen molar-refractivity contribution < 1.29 is 43.9 Å². The molecule has 0 aliphatic carbocycles. The summed E-state index contributed by atoms with van der Waals surface area (Å²) >= 11 is 0. The molecule has 0 amide bonds. The van der Waals surface area contributed by atoms with E-state index in [0.29, 0.717) is 22.1 Å². The first-order valence-corrected chi connectivity index (χ1v) is 24.4. The van der Waals surface area contributed by atoms with Crippen LogP contribution in [-0.2, 0) is 0 Å². The number of aromatic nitrogens is 6. The first-order chi connectivity index (χ1) is 38.4. The molecule has 0 aliphatic rings. The predicted octanol–water partition coefficient (Wildman–Crippen LogP) is 17.2. The third-order valence-corrected chi connectivity index (χ3v) is 14.5. The Hall–Kier alpha value is -10.1. The van der Waals surface area contributed by atoms with E-state index in [4.69, 9.17) is 0 Å². The second kappa shape index (κ2) is 17.7. The van der Waals surface area contributed by atoms with Crippen molar-refractivity contribution in [3.05, 3.63) is 240 Å². The monoisotopic (exact) mass is 1060 g/mol. The molecule has 79 heavy (non-hydrogen) atoms.